The normalized spacial score (nSPS) is 11.1. The lowest BCUT2D eigenvalue weighted by Gasteiger charge is -2.07. The maximum atomic E-state index is 2.33. The molecule has 3 aromatic heterocycles. The Morgan fingerprint density at radius 2 is 1.73 bits per heavy atom. The summed E-state index contributed by atoms with van der Waals surface area (Å²) < 4.78 is 2.33. The quantitative estimate of drug-likeness (QED) is 0.466. The Morgan fingerprint density at radius 1 is 0.909 bits per heavy atom. The minimum atomic E-state index is 0.995. The number of aryl methyl sites for hydroxylation is 1. The Bertz CT molecular complexity index is 902. The van der Waals surface area contributed by atoms with Gasteiger partial charge < -0.3 is 4.40 Å². The van der Waals surface area contributed by atoms with E-state index in [1.54, 1.807) is 0 Å². The van der Waals surface area contributed by atoms with Gasteiger partial charge in [0.15, 0.2) is 0 Å². The van der Waals surface area contributed by atoms with E-state index in [0.29, 0.717) is 0 Å². The molecule has 1 aromatic carbocycles. The number of pyridine rings is 1. The van der Waals surface area contributed by atoms with Crippen molar-refractivity contribution in [2.24, 2.45) is 0 Å². The van der Waals surface area contributed by atoms with E-state index in [4.69, 9.17) is 0 Å². The summed E-state index contributed by atoms with van der Waals surface area (Å²) in [6.45, 7) is 2.24. The summed E-state index contributed by atoms with van der Waals surface area (Å²) in [6, 6.07) is 21.5. The van der Waals surface area contributed by atoms with Gasteiger partial charge in [-0.05, 0) is 47.2 Å². The number of hydrogen-bond donors (Lipinski definition) is 0. The molecule has 3 heterocycles. The van der Waals surface area contributed by atoms with Crippen LogP contribution in [-0.2, 0) is 6.42 Å². The SMILES string of the molecule is Cc1c(Cc2cccs2)c(-c2ccccc2)n2ccccc12. The molecule has 0 bridgehead atoms. The fraction of sp³-hybridized carbons (Fsp3) is 0.100. The molecule has 108 valence electrons. The molecule has 0 unspecified atom stereocenters. The summed E-state index contributed by atoms with van der Waals surface area (Å²) in [6.07, 6.45) is 3.16. The third-order valence-corrected chi connectivity index (χ3v) is 5.08. The van der Waals surface area contributed by atoms with Crippen molar-refractivity contribution in [3.63, 3.8) is 0 Å². The Hall–Kier alpha value is -2.32. The van der Waals surface area contributed by atoms with E-state index >= 15 is 0 Å². The van der Waals surface area contributed by atoms with Crippen LogP contribution in [0, 0.1) is 6.92 Å². The van der Waals surface area contributed by atoms with E-state index in [9.17, 15) is 0 Å². The Labute approximate surface area is 134 Å². The van der Waals surface area contributed by atoms with E-state index < -0.39 is 0 Å². The first-order chi connectivity index (χ1) is 10.8. The molecule has 0 radical (unpaired) electrons. The Kier molecular flexibility index (Phi) is 3.32. The molecule has 0 saturated carbocycles. The number of fused-ring (bicyclic) bond motifs is 1. The first-order valence-corrected chi connectivity index (χ1v) is 8.39. The second kappa shape index (κ2) is 5.47. The van der Waals surface area contributed by atoms with Gasteiger partial charge in [0.2, 0.25) is 0 Å². The second-order valence-electron chi connectivity index (χ2n) is 5.53. The number of aromatic nitrogens is 1. The van der Waals surface area contributed by atoms with Gasteiger partial charge in [-0.2, -0.15) is 0 Å². The van der Waals surface area contributed by atoms with Crippen molar-refractivity contribution in [1.29, 1.82) is 0 Å². The average Bonchev–Trinajstić information content (AvgIpc) is 3.17. The largest absolute Gasteiger partial charge is 0.316 e. The summed E-state index contributed by atoms with van der Waals surface area (Å²) in [5, 5.41) is 2.16. The number of benzene rings is 1. The van der Waals surface area contributed by atoms with Crippen molar-refractivity contribution < 1.29 is 0 Å². The molecule has 0 amide bonds. The molecule has 0 aliphatic heterocycles. The molecule has 2 heteroatoms. The molecule has 0 saturated heterocycles. The molecule has 4 aromatic rings. The average molecular weight is 303 g/mol. The van der Waals surface area contributed by atoms with Crippen molar-refractivity contribution >= 4 is 16.9 Å². The monoisotopic (exact) mass is 303 g/mol. The van der Waals surface area contributed by atoms with Gasteiger partial charge in [-0.15, -0.1) is 11.3 Å². The van der Waals surface area contributed by atoms with Crippen LogP contribution >= 0.6 is 11.3 Å². The topological polar surface area (TPSA) is 4.41 Å². The van der Waals surface area contributed by atoms with E-state index in [0.717, 1.165) is 6.42 Å². The standard InChI is InChI=1S/C20H17NS/c1-15-18(14-17-10-7-13-22-17)20(16-8-3-2-4-9-16)21-12-6-5-11-19(15)21/h2-13H,14H2,1H3. The summed E-state index contributed by atoms with van der Waals surface area (Å²) in [5.41, 5.74) is 6.71. The maximum Gasteiger partial charge on any atom is 0.0567 e. The van der Waals surface area contributed by atoms with Crippen molar-refractivity contribution in [2.45, 2.75) is 13.3 Å². The molecule has 0 spiro atoms. The zero-order chi connectivity index (χ0) is 14.9. The lowest BCUT2D eigenvalue weighted by Crippen LogP contribution is -1.92. The Balaban J connectivity index is 1.99. The van der Waals surface area contributed by atoms with Gasteiger partial charge in [-0.25, -0.2) is 0 Å². The van der Waals surface area contributed by atoms with E-state index in [1.807, 2.05) is 11.3 Å². The van der Waals surface area contributed by atoms with Crippen LogP contribution in [-0.4, -0.2) is 4.40 Å². The zero-order valence-electron chi connectivity index (χ0n) is 12.5. The number of rotatable bonds is 3. The van der Waals surface area contributed by atoms with Crippen molar-refractivity contribution in [1.82, 2.24) is 4.40 Å². The van der Waals surface area contributed by atoms with E-state index in [2.05, 4.69) is 83.6 Å². The van der Waals surface area contributed by atoms with Gasteiger partial charge in [-0.1, -0.05) is 42.5 Å². The molecular weight excluding hydrogens is 286 g/mol. The number of nitrogens with zero attached hydrogens (tertiary/aromatic N) is 1. The van der Waals surface area contributed by atoms with E-state index in [1.165, 1.54) is 32.8 Å². The van der Waals surface area contributed by atoms with Crippen LogP contribution in [0.2, 0.25) is 0 Å². The van der Waals surface area contributed by atoms with Crippen molar-refractivity contribution in [2.75, 3.05) is 0 Å². The second-order valence-corrected chi connectivity index (χ2v) is 6.56. The van der Waals surface area contributed by atoms with Crippen LogP contribution in [0.25, 0.3) is 16.8 Å². The van der Waals surface area contributed by atoms with Gasteiger partial charge >= 0.3 is 0 Å². The molecule has 22 heavy (non-hydrogen) atoms. The van der Waals surface area contributed by atoms with Crippen LogP contribution < -0.4 is 0 Å². The highest BCUT2D eigenvalue weighted by atomic mass is 32.1. The summed E-state index contributed by atoms with van der Waals surface area (Å²) in [5.74, 6) is 0. The van der Waals surface area contributed by atoms with Crippen LogP contribution in [0.5, 0.6) is 0 Å². The zero-order valence-corrected chi connectivity index (χ0v) is 13.3. The number of hydrogen-bond acceptors (Lipinski definition) is 1. The minimum Gasteiger partial charge on any atom is -0.316 e. The first-order valence-electron chi connectivity index (χ1n) is 7.51. The highest BCUT2D eigenvalue weighted by Crippen LogP contribution is 2.33. The molecule has 0 N–H and O–H groups in total. The summed E-state index contributed by atoms with van der Waals surface area (Å²) >= 11 is 1.83. The third-order valence-electron chi connectivity index (χ3n) is 4.20. The van der Waals surface area contributed by atoms with Gasteiger partial charge in [0.1, 0.15) is 0 Å². The highest BCUT2D eigenvalue weighted by molar-refractivity contribution is 7.09. The number of thiophene rings is 1. The molecular formula is C20H17NS. The van der Waals surface area contributed by atoms with Crippen molar-refractivity contribution in [3.05, 3.63) is 88.2 Å². The highest BCUT2D eigenvalue weighted by Gasteiger charge is 2.16. The van der Waals surface area contributed by atoms with Gasteiger partial charge in [-0.3, -0.25) is 0 Å². The van der Waals surface area contributed by atoms with Crippen LogP contribution in [0.15, 0.2) is 72.2 Å². The van der Waals surface area contributed by atoms with Gasteiger partial charge in [0.05, 0.1) is 5.69 Å². The van der Waals surface area contributed by atoms with Crippen molar-refractivity contribution in [3.8, 4) is 11.3 Å². The lowest BCUT2D eigenvalue weighted by atomic mass is 10.0. The van der Waals surface area contributed by atoms with Crippen LogP contribution in [0.3, 0.4) is 0 Å². The molecule has 0 atom stereocenters. The smallest absolute Gasteiger partial charge is 0.0567 e. The molecule has 0 fully saturated rings. The molecule has 1 nitrogen and oxygen atoms in total. The van der Waals surface area contributed by atoms with E-state index in [-0.39, 0.29) is 0 Å². The molecule has 0 aliphatic carbocycles. The van der Waals surface area contributed by atoms with Crippen LogP contribution in [0.1, 0.15) is 16.0 Å². The predicted molar refractivity (Wildman–Crippen MR) is 94.7 cm³/mol. The van der Waals surface area contributed by atoms with Gasteiger partial charge in [0.25, 0.3) is 0 Å². The van der Waals surface area contributed by atoms with Gasteiger partial charge in [0, 0.05) is 23.0 Å². The Morgan fingerprint density at radius 3 is 2.50 bits per heavy atom. The minimum absolute atomic E-state index is 0.995. The fourth-order valence-electron chi connectivity index (χ4n) is 3.13. The molecule has 0 aliphatic rings. The summed E-state index contributed by atoms with van der Waals surface area (Å²) in [7, 11) is 0. The summed E-state index contributed by atoms with van der Waals surface area (Å²) in [4.78, 5) is 1.41. The first kappa shape index (κ1) is 13.4. The predicted octanol–water partition coefficient (Wildman–Crippen LogP) is 5.57. The fourth-order valence-corrected chi connectivity index (χ4v) is 3.85. The van der Waals surface area contributed by atoms with Crippen LogP contribution in [0.4, 0.5) is 0 Å². The maximum absolute atomic E-state index is 2.33. The molecule has 4 rings (SSSR count). The third kappa shape index (κ3) is 2.16. The lowest BCUT2D eigenvalue weighted by molar-refractivity contribution is 1.16.